The number of aromatic nitrogens is 1. The topological polar surface area (TPSA) is 112 Å². The Morgan fingerprint density at radius 3 is 2.68 bits per heavy atom. The summed E-state index contributed by atoms with van der Waals surface area (Å²) in [6, 6.07) is 9.72. The summed E-state index contributed by atoms with van der Waals surface area (Å²) in [5.41, 5.74) is 8.69. The minimum atomic E-state index is -1.16. The molecule has 1 heterocycles. The lowest BCUT2D eigenvalue weighted by Gasteiger charge is -2.24. The quantitative estimate of drug-likeness (QED) is 0.386. The van der Waals surface area contributed by atoms with Crippen LogP contribution in [0.2, 0.25) is 0 Å². The molecule has 2 aromatic rings. The second-order valence-corrected chi connectivity index (χ2v) is 11.0. The fourth-order valence-electron chi connectivity index (χ4n) is 3.62. The van der Waals surface area contributed by atoms with Gasteiger partial charge in [0.05, 0.1) is 27.1 Å². The molecule has 0 bridgehead atoms. The second kappa shape index (κ2) is 10.2. The highest BCUT2D eigenvalue weighted by molar-refractivity contribution is 7.84. The van der Waals surface area contributed by atoms with E-state index in [2.05, 4.69) is 20.0 Å². The SMILES string of the molecule is CC(C)(C)S(=O)NCc1cccc(N=C(N)c2c(NC3CCCCC3)cc[nH]c2=O)c1. The Morgan fingerprint density at radius 1 is 1.23 bits per heavy atom. The van der Waals surface area contributed by atoms with Crippen LogP contribution in [0, 0.1) is 0 Å². The lowest BCUT2D eigenvalue weighted by Crippen LogP contribution is -2.32. The van der Waals surface area contributed by atoms with Gasteiger partial charge in [0.1, 0.15) is 11.4 Å². The largest absolute Gasteiger partial charge is 0.383 e. The maximum atomic E-state index is 12.6. The van der Waals surface area contributed by atoms with Crippen LogP contribution in [0.25, 0.3) is 0 Å². The number of hydrogen-bond acceptors (Lipinski definition) is 4. The number of hydrogen-bond donors (Lipinski definition) is 4. The fraction of sp³-hybridized carbons (Fsp3) is 0.478. The molecule has 1 fully saturated rings. The predicted molar refractivity (Wildman–Crippen MR) is 129 cm³/mol. The van der Waals surface area contributed by atoms with Gasteiger partial charge in [-0.05, 0) is 57.4 Å². The van der Waals surface area contributed by atoms with E-state index in [0.717, 1.165) is 24.1 Å². The number of aliphatic imine (C=N–C) groups is 1. The Labute approximate surface area is 186 Å². The highest BCUT2D eigenvalue weighted by atomic mass is 32.2. The van der Waals surface area contributed by atoms with Gasteiger partial charge in [-0.1, -0.05) is 31.4 Å². The minimum absolute atomic E-state index is 0.170. The van der Waals surface area contributed by atoms with Gasteiger partial charge in [-0.15, -0.1) is 0 Å². The van der Waals surface area contributed by atoms with E-state index in [-0.39, 0.29) is 16.1 Å². The van der Waals surface area contributed by atoms with Crippen molar-refractivity contribution < 1.29 is 4.21 Å². The summed E-state index contributed by atoms with van der Waals surface area (Å²) in [7, 11) is -1.16. The molecule has 0 saturated heterocycles. The molecule has 0 spiro atoms. The van der Waals surface area contributed by atoms with Crippen LogP contribution < -0.4 is 21.3 Å². The van der Waals surface area contributed by atoms with E-state index in [4.69, 9.17) is 5.73 Å². The normalized spacial score (nSPS) is 16.8. The molecule has 168 valence electrons. The summed E-state index contributed by atoms with van der Waals surface area (Å²) in [6.45, 7) is 6.23. The highest BCUT2D eigenvalue weighted by Gasteiger charge is 2.19. The van der Waals surface area contributed by atoms with E-state index in [9.17, 15) is 9.00 Å². The average Bonchev–Trinajstić information content (AvgIpc) is 2.72. The van der Waals surface area contributed by atoms with Gasteiger partial charge in [-0.3, -0.25) is 4.79 Å². The zero-order valence-electron chi connectivity index (χ0n) is 18.5. The average molecular weight is 444 g/mol. The third-order valence-electron chi connectivity index (χ3n) is 5.31. The van der Waals surface area contributed by atoms with Crippen molar-refractivity contribution in [2.75, 3.05) is 5.32 Å². The van der Waals surface area contributed by atoms with Gasteiger partial charge in [-0.25, -0.2) is 13.9 Å². The van der Waals surface area contributed by atoms with Crippen LogP contribution >= 0.6 is 0 Å². The van der Waals surface area contributed by atoms with E-state index in [1.807, 2.05) is 51.1 Å². The van der Waals surface area contributed by atoms with Crippen molar-refractivity contribution >= 4 is 28.2 Å². The molecule has 1 unspecified atom stereocenters. The first-order chi connectivity index (χ1) is 14.7. The summed E-state index contributed by atoms with van der Waals surface area (Å²) < 4.78 is 14.9. The third-order valence-corrected chi connectivity index (χ3v) is 6.82. The molecule has 5 N–H and O–H groups in total. The summed E-state index contributed by atoms with van der Waals surface area (Å²) >= 11 is 0. The van der Waals surface area contributed by atoms with Gasteiger partial charge in [0, 0.05) is 18.8 Å². The number of nitrogens with one attached hydrogen (secondary N) is 3. The molecule has 0 amide bonds. The molecule has 1 atom stereocenters. The van der Waals surface area contributed by atoms with Crippen LogP contribution in [0.5, 0.6) is 0 Å². The van der Waals surface area contributed by atoms with E-state index in [1.165, 1.54) is 19.3 Å². The van der Waals surface area contributed by atoms with Gasteiger partial charge in [0.2, 0.25) is 0 Å². The number of benzene rings is 1. The number of H-pyrrole nitrogens is 1. The van der Waals surface area contributed by atoms with Crippen LogP contribution in [0.3, 0.4) is 0 Å². The monoisotopic (exact) mass is 443 g/mol. The van der Waals surface area contributed by atoms with Crippen molar-refractivity contribution in [3.8, 4) is 0 Å². The molecule has 1 aliphatic carbocycles. The number of rotatable bonds is 7. The Morgan fingerprint density at radius 2 is 1.97 bits per heavy atom. The number of anilines is 1. The summed E-state index contributed by atoms with van der Waals surface area (Å²) in [6.07, 6.45) is 7.47. The molecular formula is C23H33N5O2S. The molecule has 1 saturated carbocycles. The molecule has 31 heavy (non-hydrogen) atoms. The Kier molecular flexibility index (Phi) is 7.67. The zero-order valence-corrected chi connectivity index (χ0v) is 19.3. The maximum Gasteiger partial charge on any atom is 0.261 e. The fourth-order valence-corrected chi connectivity index (χ4v) is 4.35. The van der Waals surface area contributed by atoms with Crippen LogP contribution in [-0.4, -0.2) is 25.8 Å². The van der Waals surface area contributed by atoms with E-state index in [0.29, 0.717) is 23.8 Å². The molecule has 3 rings (SSSR count). The molecule has 1 aromatic carbocycles. The predicted octanol–water partition coefficient (Wildman–Crippen LogP) is 3.71. The van der Waals surface area contributed by atoms with Crippen molar-refractivity contribution in [1.29, 1.82) is 0 Å². The van der Waals surface area contributed by atoms with E-state index >= 15 is 0 Å². The standard InChI is InChI=1S/C23H33N5O2S/c1-23(2,3)31(30)26-15-16-8-7-11-18(14-16)28-21(24)20-19(12-13-25-22(20)29)27-17-9-5-4-6-10-17/h7-8,11-14,17,26H,4-6,9-10,15H2,1-3H3,(H2,24,28)(H2,25,27,29). The first kappa shape index (κ1) is 23.2. The van der Waals surface area contributed by atoms with Crippen molar-refractivity contribution in [2.45, 2.75) is 70.2 Å². The Hall–Kier alpha value is -2.45. The lowest BCUT2D eigenvalue weighted by atomic mass is 9.95. The van der Waals surface area contributed by atoms with Crippen LogP contribution in [0.4, 0.5) is 11.4 Å². The molecule has 0 aliphatic heterocycles. The van der Waals surface area contributed by atoms with Gasteiger partial charge >= 0.3 is 0 Å². The molecule has 1 aliphatic rings. The second-order valence-electron chi connectivity index (χ2n) is 8.94. The molecule has 0 radical (unpaired) electrons. The Balaban J connectivity index is 1.80. The highest BCUT2D eigenvalue weighted by Crippen LogP contribution is 2.23. The van der Waals surface area contributed by atoms with Crippen LogP contribution in [0.1, 0.15) is 64.0 Å². The molecule has 7 nitrogen and oxygen atoms in total. The summed E-state index contributed by atoms with van der Waals surface area (Å²) in [5.74, 6) is 0.170. The molecular weight excluding hydrogens is 410 g/mol. The third kappa shape index (κ3) is 6.51. The van der Waals surface area contributed by atoms with E-state index in [1.54, 1.807) is 6.20 Å². The van der Waals surface area contributed by atoms with Gasteiger partial charge < -0.3 is 16.0 Å². The minimum Gasteiger partial charge on any atom is -0.383 e. The summed E-state index contributed by atoms with van der Waals surface area (Å²) in [5, 5.41) is 3.49. The number of pyridine rings is 1. The van der Waals surface area contributed by atoms with Crippen molar-refractivity contribution in [3.05, 3.63) is 58.0 Å². The van der Waals surface area contributed by atoms with Crippen molar-refractivity contribution in [2.24, 2.45) is 10.7 Å². The molecule has 1 aromatic heterocycles. The van der Waals surface area contributed by atoms with Gasteiger partial charge in [-0.2, -0.15) is 0 Å². The molecule has 8 heteroatoms. The maximum absolute atomic E-state index is 12.6. The number of nitrogens with two attached hydrogens (primary N) is 1. The van der Waals surface area contributed by atoms with Crippen molar-refractivity contribution in [1.82, 2.24) is 9.71 Å². The Bertz CT molecular complexity index is 1000. The van der Waals surface area contributed by atoms with Gasteiger partial charge in [0.15, 0.2) is 0 Å². The van der Waals surface area contributed by atoms with Crippen LogP contribution in [-0.2, 0) is 17.5 Å². The van der Waals surface area contributed by atoms with Gasteiger partial charge in [0.25, 0.3) is 5.56 Å². The zero-order chi connectivity index (χ0) is 22.4. The number of amidine groups is 1. The lowest BCUT2D eigenvalue weighted by molar-refractivity contribution is 0.462. The summed E-state index contributed by atoms with van der Waals surface area (Å²) in [4.78, 5) is 19.8. The number of aromatic amines is 1. The van der Waals surface area contributed by atoms with Crippen LogP contribution in [0.15, 0.2) is 46.3 Å². The smallest absolute Gasteiger partial charge is 0.261 e. The first-order valence-corrected chi connectivity index (χ1v) is 12.0. The number of nitrogens with zero attached hydrogens (tertiary/aromatic N) is 1. The van der Waals surface area contributed by atoms with Crippen molar-refractivity contribution in [3.63, 3.8) is 0 Å². The van der Waals surface area contributed by atoms with E-state index < -0.39 is 11.0 Å². The first-order valence-electron chi connectivity index (χ1n) is 10.8.